The minimum absolute atomic E-state index is 0.0579. The van der Waals surface area contributed by atoms with E-state index in [9.17, 15) is 26.1 Å². The van der Waals surface area contributed by atoms with E-state index >= 15 is 0 Å². The van der Waals surface area contributed by atoms with Gasteiger partial charge in [0.2, 0.25) is 11.4 Å². The van der Waals surface area contributed by atoms with E-state index in [0.29, 0.717) is 6.08 Å². The van der Waals surface area contributed by atoms with Crippen LogP contribution in [0.2, 0.25) is 0 Å². The highest BCUT2D eigenvalue weighted by atomic mass is 32.3. The summed E-state index contributed by atoms with van der Waals surface area (Å²) in [6, 6.07) is 0. The zero-order valence-electron chi connectivity index (χ0n) is 5.91. The van der Waals surface area contributed by atoms with E-state index in [2.05, 4.69) is 0 Å². The van der Waals surface area contributed by atoms with Crippen molar-refractivity contribution in [1.29, 1.82) is 0 Å². The monoisotopic (exact) mass is 232 g/mol. The van der Waals surface area contributed by atoms with Crippen LogP contribution in [0.4, 0.5) is 13.2 Å². The summed E-state index contributed by atoms with van der Waals surface area (Å²) in [6.45, 7) is 0. The van der Waals surface area contributed by atoms with Crippen LogP contribution in [0.25, 0.3) is 0 Å². The fourth-order valence-corrected chi connectivity index (χ4v) is 2.61. The standard InChI is InChI=1S/C5H3F3O3S2/c6-5(7,8)4(13(9,10)11)2-1-3-12-4/h1-3H/t4-/m0/s1. The summed E-state index contributed by atoms with van der Waals surface area (Å²) in [7, 11) is -5.45. The van der Waals surface area contributed by atoms with Gasteiger partial charge in [-0.3, -0.25) is 0 Å². The molecule has 1 aliphatic rings. The fraction of sp³-hybridized carbons (Fsp3) is 0.400. The summed E-state index contributed by atoms with van der Waals surface area (Å²) < 4.78 is 64.7. The van der Waals surface area contributed by atoms with Gasteiger partial charge in [0, 0.05) is 6.08 Å². The maximum Gasteiger partial charge on any atom is 0.468 e. The first-order valence-corrected chi connectivity index (χ1v) is 5.20. The van der Waals surface area contributed by atoms with Gasteiger partial charge >= 0.3 is 10.3 Å². The molecule has 3 nitrogen and oxygen atoms in total. The van der Waals surface area contributed by atoms with Crippen LogP contribution >= 0.6 is 0 Å². The number of hydrogen-bond donors (Lipinski definition) is 0. The highest BCUT2D eigenvalue weighted by Crippen LogP contribution is 2.39. The molecule has 13 heavy (non-hydrogen) atoms. The molecule has 0 aromatic carbocycles. The van der Waals surface area contributed by atoms with E-state index in [1.807, 2.05) is 0 Å². The van der Waals surface area contributed by atoms with E-state index in [1.165, 1.54) is 0 Å². The van der Waals surface area contributed by atoms with Crippen LogP contribution in [-0.4, -0.2) is 28.6 Å². The minimum Gasteiger partial charge on any atom is -0.743 e. The fourth-order valence-electron chi connectivity index (χ4n) is 0.791. The largest absolute Gasteiger partial charge is 0.743 e. The minimum atomic E-state index is -5.45. The maximum absolute atomic E-state index is 12.2. The molecule has 0 radical (unpaired) electrons. The van der Waals surface area contributed by atoms with E-state index in [-0.39, 0.29) is 11.4 Å². The molecular formula is C5H3F3O3S2. The van der Waals surface area contributed by atoms with Crippen molar-refractivity contribution in [2.24, 2.45) is 0 Å². The predicted octanol–water partition coefficient (Wildman–Crippen LogP) is 0.245. The van der Waals surface area contributed by atoms with Crippen molar-refractivity contribution < 1.29 is 26.1 Å². The molecule has 1 atom stereocenters. The Morgan fingerprint density at radius 2 is 1.92 bits per heavy atom. The Hall–Kier alpha value is -0.470. The lowest BCUT2D eigenvalue weighted by molar-refractivity contribution is -0.130. The third-order valence-corrected chi connectivity index (χ3v) is 4.43. The summed E-state index contributed by atoms with van der Waals surface area (Å²) >= 11 is -0.0579. The van der Waals surface area contributed by atoms with Gasteiger partial charge in [-0.05, 0) is 6.08 Å². The molecule has 1 rings (SSSR count). The van der Waals surface area contributed by atoms with E-state index < -0.39 is 20.4 Å². The van der Waals surface area contributed by atoms with Crippen molar-refractivity contribution in [3.05, 3.63) is 12.2 Å². The molecule has 0 N–H and O–H groups in total. The topological polar surface area (TPSA) is 57.2 Å². The first kappa shape index (κ1) is 10.6. The summed E-state index contributed by atoms with van der Waals surface area (Å²) in [4.78, 5) is 0. The number of rotatable bonds is 1. The lowest BCUT2D eigenvalue weighted by Crippen LogP contribution is -2.48. The van der Waals surface area contributed by atoms with Crippen molar-refractivity contribution in [3.63, 3.8) is 0 Å². The third-order valence-electron chi connectivity index (χ3n) is 1.40. The van der Waals surface area contributed by atoms with Gasteiger partial charge in [-0.2, -0.15) is 13.2 Å². The molecular weight excluding hydrogens is 229 g/mol. The number of halogens is 3. The van der Waals surface area contributed by atoms with Gasteiger partial charge in [0.05, 0.1) is 0 Å². The molecule has 0 aliphatic carbocycles. The van der Waals surface area contributed by atoms with Crippen LogP contribution in [0.15, 0.2) is 12.2 Å². The van der Waals surface area contributed by atoms with Crippen LogP contribution in [0.1, 0.15) is 0 Å². The van der Waals surface area contributed by atoms with Crippen LogP contribution < -0.4 is 0 Å². The number of alkyl halides is 3. The first-order chi connectivity index (χ1) is 5.71. The Bertz CT molecular complexity index is 353. The quantitative estimate of drug-likeness (QED) is 0.370. The SMILES string of the molecule is O=S(=O)([O-])[C@]1(C(F)(F)F)C=CC=[S+]1. The molecule has 1 aliphatic heterocycles. The van der Waals surface area contributed by atoms with Crippen molar-refractivity contribution in [2.75, 3.05) is 0 Å². The molecule has 0 fully saturated rings. The third kappa shape index (κ3) is 1.49. The van der Waals surface area contributed by atoms with Crippen LogP contribution in [0, 0.1) is 0 Å². The molecule has 0 spiro atoms. The van der Waals surface area contributed by atoms with Crippen LogP contribution in [0.5, 0.6) is 0 Å². The van der Waals surface area contributed by atoms with Gasteiger partial charge in [0.1, 0.15) is 0 Å². The van der Waals surface area contributed by atoms with Crippen LogP contribution in [-0.2, 0) is 21.5 Å². The summed E-state index contributed by atoms with van der Waals surface area (Å²) in [5, 5.41) is 0.920. The summed E-state index contributed by atoms with van der Waals surface area (Å²) in [5.41, 5.74) is 0. The van der Waals surface area contributed by atoms with Crippen LogP contribution in [0.3, 0.4) is 0 Å². The predicted molar refractivity (Wildman–Crippen MR) is 41.1 cm³/mol. The highest BCUT2D eigenvalue weighted by Gasteiger charge is 2.69. The first-order valence-electron chi connectivity index (χ1n) is 2.92. The average Bonchev–Trinajstić information content (AvgIpc) is 2.28. The molecule has 0 aromatic rings. The van der Waals surface area contributed by atoms with Gasteiger partial charge in [-0.15, -0.1) is 0 Å². The lowest BCUT2D eigenvalue weighted by Gasteiger charge is -2.20. The van der Waals surface area contributed by atoms with Crippen molar-refractivity contribution in [3.8, 4) is 0 Å². The van der Waals surface area contributed by atoms with E-state index in [4.69, 9.17) is 0 Å². The molecule has 0 bridgehead atoms. The van der Waals surface area contributed by atoms with Gasteiger partial charge in [0.25, 0.3) is 0 Å². The van der Waals surface area contributed by atoms with Crippen molar-refractivity contribution in [2.45, 2.75) is 10.3 Å². The van der Waals surface area contributed by atoms with E-state index in [1.54, 1.807) is 0 Å². The second-order valence-corrected chi connectivity index (χ2v) is 5.19. The molecule has 0 saturated heterocycles. The Balaban J connectivity index is 3.37. The zero-order valence-corrected chi connectivity index (χ0v) is 7.54. The van der Waals surface area contributed by atoms with Gasteiger partial charge in [-0.1, -0.05) is 0 Å². The summed E-state index contributed by atoms with van der Waals surface area (Å²) in [6.07, 6.45) is -3.85. The molecule has 0 unspecified atom stereocenters. The number of hydrogen-bond acceptors (Lipinski definition) is 3. The molecule has 74 valence electrons. The molecule has 0 saturated carbocycles. The Morgan fingerprint density at radius 3 is 2.08 bits per heavy atom. The second kappa shape index (κ2) is 2.76. The zero-order chi connectivity index (χ0) is 10.3. The number of allylic oxidation sites excluding steroid dienone is 1. The van der Waals surface area contributed by atoms with Gasteiger partial charge in [0.15, 0.2) is 15.5 Å². The normalized spacial score (nSPS) is 28.3. The Morgan fingerprint density at radius 1 is 1.38 bits per heavy atom. The molecule has 0 amide bonds. The smallest absolute Gasteiger partial charge is 0.468 e. The molecule has 0 aromatic heterocycles. The summed E-state index contributed by atoms with van der Waals surface area (Å²) in [5.74, 6) is 0. The maximum atomic E-state index is 12.2. The second-order valence-electron chi connectivity index (χ2n) is 2.23. The molecule has 8 heteroatoms. The van der Waals surface area contributed by atoms with Crippen molar-refractivity contribution in [1.82, 2.24) is 0 Å². The van der Waals surface area contributed by atoms with Gasteiger partial charge < -0.3 is 4.55 Å². The average molecular weight is 232 g/mol. The van der Waals surface area contributed by atoms with Gasteiger partial charge in [-0.25, -0.2) is 8.42 Å². The van der Waals surface area contributed by atoms with Crippen molar-refractivity contribution >= 4 is 26.8 Å². The lowest BCUT2D eigenvalue weighted by atomic mass is 10.3. The Kier molecular flexibility index (Phi) is 2.25. The van der Waals surface area contributed by atoms with E-state index in [0.717, 1.165) is 11.4 Å². The highest BCUT2D eigenvalue weighted by molar-refractivity contribution is 8.02. The molecule has 1 heterocycles. The Labute approximate surface area is 76.0 Å².